The Balaban J connectivity index is 0.00000161. The van der Waals surface area contributed by atoms with Gasteiger partial charge in [0.05, 0.1) is 0 Å². The second-order valence-corrected chi connectivity index (χ2v) is 7.46. The smallest absolute Gasteiger partial charge is 0.246 e. The van der Waals surface area contributed by atoms with Crippen molar-refractivity contribution in [2.45, 2.75) is 43.2 Å². The fourth-order valence-corrected chi connectivity index (χ4v) is 5.30. The highest BCUT2D eigenvalue weighted by atomic mass is 35.5. The molecule has 21 heavy (non-hydrogen) atoms. The summed E-state index contributed by atoms with van der Waals surface area (Å²) in [5.74, 6) is -0.660. The first-order valence-electron chi connectivity index (χ1n) is 7.00. The lowest BCUT2D eigenvalue weighted by molar-refractivity contribution is 0.332. The van der Waals surface area contributed by atoms with Crippen LogP contribution in [0, 0.1) is 12.7 Å². The fourth-order valence-electron chi connectivity index (χ4n) is 3.25. The SMILES string of the molecule is Cc1ccc(F)c(S(=O)(=O)N2C3CCNCC2CC3)c1.Cl. The van der Waals surface area contributed by atoms with Crippen LogP contribution in [0.3, 0.4) is 0 Å². The monoisotopic (exact) mass is 334 g/mol. The molecule has 0 spiro atoms. The van der Waals surface area contributed by atoms with Crippen LogP contribution in [0.15, 0.2) is 23.1 Å². The summed E-state index contributed by atoms with van der Waals surface area (Å²) in [6.45, 7) is 3.25. The van der Waals surface area contributed by atoms with Crippen LogP contribution in [-0.4, -0.2) is 37.9 Å². The highest BCUT2D eigenvalue weighted by Crippen LogP contribution is 2.34. The van der Waals surface area contributed by atoms with Gasteiger partial charge >= 0.3 is 0 Å². The van der Waals surface area contributed by atoms with Gasteiger partial charge in [-0.2, -0.15) is 4.31 Å². The zero-order chi connectivity index (χ0) is 14.3. The minimum absolute atomic E-state index is 0. The maximum Gasteiger partial charge on any atom is 0.246 e. The van der Waals surface area contributed by atoms with Crippen molar-refractivity contribution in [3.05, 3.63) is 29.6 Å². The predicted octanol–water partition coefficient (Wildman–Crippen LogP) is 2.07. The van der Waals surface area contributed by atoms with E-state index in [4.69, 9.17) is 0 Å². The van der Waals surface area contributed by atoms with Gasteiger partial charge in [-0.05, 0) is 50.4 Å². The minimum atomic E-state index is -3.76. The Bertz CT molecular complexity index is 609. The van der Waals surface area contributed by atoms with Crippen LogP contribution in [0.25, 0.3) is 0 Å². The molecule has 7 heteroatoms. The van der Waals surface area contributed by atoms with Crippen LogP contribution in [0.5, 0.6) is 0 Å². The number of halogens is 2. The van der Waals surface area contributed by atoms with Crippen LogP contribution in [0.4, 0.5) is 4.39 Å². The quantitative estimate of drug-likeness (QED) is 0.900. The van der Waals surface area contributed by atoms with E-state index in [0.29, 0.717) is 6.54 Å². The van der Waals surface area contributed by atoms with Crippen LogP contribution in [-0.2, 0) is 10.0 Å². The third kappa shape index (κ3) is 2.95. The van der Waals surface area contributed by atoms with Gasteiger partial charge in [0.2, 0.25) is 10.0 Å². The summed E-state index contributed by atoms with van der Waals surface area (Å²) in [5.41, 5.74) is 0.755. The molecule has 2 fully saturated rings. The number of hydrogen-bond acceptors (Lipinski definition) is 3. The normalized spacial score (nSPS) is 26.2. The van der Waals surface area contributed by atoms with Crippen molar-refractivity contribution in [2.75, 3.05) is 13.1 Å². The maximum atomic E-state index is 14.0. The molecule has 2 saturated heterocycles. The highest BCUT2D eigenvalue weighted by molar-refractivity contribution is 7.89. The highest BCUT2D eigenvalue weighted by Gasteiger charge is 2.43. The molecule has 1 N–H and O–H groups in total. The van der Waals surface area contributed by atoms with Gasteiger partial charge in [0, 0.05) is 18.6 Å². The van der Waals surface area contributed by atoms with Gasteiger partial charge in [-0.25, -0.2) is 12.8 Å². The molecular weight excluding hydrogens is 315 g/mol. The van der Waals surface area contributed by atoms with Crippen LogP contribution < -0.4 is 5.32 Å². The Labute approximate surface area is 131 Å². The van der Waals surface area contributed by atoms with Crippen molar-refractivity contribution < 1.29 is 12.8 Å². The fraction of sp³-hybridized carbons (Fsp3) is 0.571. The molecule has 3 rings (SSSR count). The van der Waals surface area contributed by atoms with Gasteiger partial charge in [-0.15, -0.1) is 12.4 Å². The molecule has 2 unspecified atom stereocenters. The summed E-state index contributed by atoms with van der Waals surface area (Å²) in [7, 11) is -3.76. The number of sulfonamides is 1. The van der Waals surface area contributed by atoms with E-state index in [9.17, 15) is 12.8 Å². The first-order chi connectivity index (χ1) is 9.50. The lowest BCUT2D eigenvalue weighted by Gasteiger charge is -2.27. The van der Waals surface area contributed by atoms with E-state index in [2.05, 4.69) is 5.32 Å². The Kier molecular flexibility index (Phi) is 4.92. The van der Waals surface area contributed by atoms with Crippen LogP contribution >= 0.6 is 12.4 Å². The molecule has 0 aromatic heterocycles. The van der Waals surface area contributed by atoms with Gasteiger partial charge in [0.1, 0.15) is 10.7 Å². The van der Waals surface area contributed by atoms with E-state index >= 15 is 0 Å². The van der Waals surface area contributed by atoms with Crippen molar-refractivity contribution >= 4 is 22.4 Å². The molecule has 4 nitrogen and oxygen atoms in total. The summed E-state index contributed by atoms with van der Waals surface area (Å²) in [5, 5.41) is 3.26. The summed E-state index contributed by atoms with van der Waals surface area (Å²) in [4.78, 5) is -0.184. The molecule has 2 bridgehead atoms. The molecule has 0 amide bonds. The lowest BCUT2D eigenvalue weighted by Crippen LogP contribution is -2.42. The average Bonchev–Trinajstić information content (AvgIpc) is 2.66. The van der Waals surface area contributed by atoms with Crippen molar-refractivity contribution in [1.29, 1.82) is 0 Å². The van der Waals surface area contributed by atoms with E-state index < -0.39 is 15.8 Å². The zero-order valence-corrected chi connectivity index (χ0v) is 13.5. The van der Waals surface area contributed by atoms with E-state index in [1.807, 2.05) is 0 Å². The van der Waals surface area contributed by atoms with E-state index in [0.717, 1.165) is 31.4 Å². The van der Waals surface area contributed by atoms with Crippen LogP contribution in [0.1, 0.15) is 24.8 Å². The Morgan fingerprint density at radius 2 is 1.95 bits per heavy atom. The maximum absolute atomic E-state index is 14.0. The summed E-state index contributed by atoms with van der Waals surface area (Å²) >= 11 is 0. The topological polar surface area (TPSA) is 49.4 Å². The summed E-state index contributed by atoms with van der Waals surface area (Å²) < 4.78 is 41.2. The first kappa shape index (κ1) is 16.7. The van der Waals surface area contributed by atoms with Crippen molar-refractivity contribution in [3.63, 3.8) is 0 Å². The average molecular weight is 335 g/mol. The van der Waals surface area contributed by atoms with Crippen molar-refractivity contribution in [1.82, 2.24) is 9.62 Å². The Morgan fingerprint density at radius 3 is 2.71 bits per heavy atom. The number of aryl methyl sites for hydroxylation is 1. The number of fused-ring (bicyclic) bond motifs is 2. The molecule has 1 aromatic carbocycles. The van der Waals surface area contributed by atoms with Gasteiger partial charge < -0.3 is 5.32 Å². The molecule has 2 heterocycles. The minimum Gasteiger partial charge on any atom is -0.315 e. The third-order valence-electron chi connectivity index (χ3n) is 4.23. The van der Waals surface area contributed by atoms with Crippen molar-refractivity contribution in [3.8, 4) is 0 Å². The lowest BCUT2D eigenvalue weighted by atomic mass is 10.1. The molecule has 2 aliphatic heterocycles. The molecule has 0 radical (unpaired) electrons. The Morgan fingerprint density at radius 1 is 1.24 bits per heavy atom. The van der Waals surface area contributed by atoms with E-state index in [1.54, 1.807) is 17.3 Å². The largest absolute Gasteiger partial charge is 0.315 e. The number of nitrogens with zero attached hydrogens (tertiary/aromatic N) is 1. The predicted molar refractivity (Wildman–Crippen MR) is 81.7 cm³/mol. The number of rotatable bonds is 2. The van der Waals surface area contributed by atoms with Crippen LogP contribution in [0.2, 0.25) is 0 Å². The van der Waals surface area contributed by atoms with E-state index in [-0.39, 0.29) is 29.4 Å². The zero-order valence-electron chi connectivity index (χ0n) is 11.9. The second kappa shape index (κ2) is 6.20. The third-order valence-corrected chi connectivity index (χ3v) is 6.25. The molecule has 2 aliphatic rings. The molecule has 0 saturated carbocycles. The molecule has 0 aliphatic carbocycles. The standard InChI is InChI=1S/C14H19FN2O2S.ClH/c1-10-2-5-13(15)14(8-10)20(18,19)17-11-3-4-12(17)9-16-7-6-11;/h2,5,8,11-12,16H,3-4,6-7,9H2,1H3;1H. The van der Waals surface area contributed by atoms with Gasteiger partial charge in [-0.1, -0.05) is 6.07 Å². The Hall–Kier alpha value is -0.690. The number of benzene rings is 1. The molecule has 2 atom stereocenters. The number of nitrogens with one attached hydrogen (secondary N) is 1. The number of hydrogen-bond donors (Lipinski definition) is 1. The summed E-state index contributed by atoms with van der Waals surface area (Å²) in [6, 6.07) is 4.21. The van der Waals surface area contributed by atoms with Gasteiger partial charge in [0.15, 0.2) is 0 Å². The van der Waals surface area contributed by atoms with Crippen molar-refractivity contribution in [2.24, 2.45) is 0 Å². The summed E-state index contributed by atoms with van der Waals surface area (Å²) in [6.07, 6.45) is 2.52. The second-order valence-electron chi connectivity index (χ2n) is 5.65. The molecular formula is C14H20ClFN2O2S. The molecule has 118 valence electrons. The molecule has 1 aromatic rings. The van der Waals surface area contributed by atoms with Gasteiger partial charge in [0.25, 0.3) is 0 Å². The van der Waals surface area contributed by atoms with Gasteiger partial charge in [-0.3, -0.25) is 0 Å². The first-order valence-corrected chi connectivity index (χ1v) is 8.44. The van der Waals surface area contributed by atoms with E-state index in [1.165, 1.54) is 12.1 Å².